The summed E-state index contributed by atoms with van der Waals surface area (Å²) in [5, 5.41) is 9.93. The molecule has 7 nitrogen and oxygen atoms in total. The van der Waals surface area contributed by atoms with Gasteiger partial charge in [-0.15, -0.1) is 0 Å². The second-order valence-corrected chi connectivity index (χ2v) is 2.69. The van der Waals surface area contributed by atoms with Gasteiger partial charge in [0.2, 0.25) is 0 Å². The van der Waals surface area contributed by atoms with Gasteiger partial charge in [0.05, 0.1) is 6.61 Å². The largest absolute Gasteiger partial charge is 0.318 e. The minimum Gasteiger partial charge on any atom is -0.318 e. The van der Waals surface area contributed by atoms with Gasteiger partial charge < -0.3 is 5.73 Å². The highest BCUT2D eigenvalue weighted by Crippen LogP contribution is 2.05. The van der Waals surface area contributed by atoms with Crippen LogP contribution in [-0.4, -0.2) is 53.4 Å². The Kier molecular flexibility index (Phi) is 2.81. The van der Waals surface area contributed by atoms with Crippen molar-refractivity contribution in [2.24, 2.45) is 5.73 Å². The maximum absolute atomic E-state index is 11.1. The first-order chi connectivity index (χ1) is 6.02. The molecule has 0 bridgehead atoms. The SMILES string of the molecule is CN(O)C(=O)CN1OCC(N)C1=O. The van der Waals surface area contributed by atoms with Crippen LogP contribution in [0.5, 0.6) is 0 Å². The average Bonchev–Trinajstić information content (AvgIpc) is 2.36. The summed E-state index contributed by atoms with van der Waals surface area (Å²) in [6.45, 7) is -0.249. The van der Waals surface area contributed by atoms with Gasteiger partial charge in [-0.2, -0.15) is 0 Å². The standard InChI is InChI=1S/C6H11N3O4/c1-8(12)5(10)2-9-6(11)4(7)3-13-9/h4,12H,2-3,7H2,1H3. The van der Waals surface area contributed by atoms with E-state index in [4.69, 9.17) is 15.8 Å². The average molecular weight is 189 g/mol. The molecule has 0 spiro atoms. The quantitative estimate of drug-likeness (QED) is 0.384. The molecule has 1 fully saturated rings. The Hall–Kier alpha value is -1.18. The topological polar surface area (TPSA) is 96.1 Å². The van der Waals surface area contributed by atoms with Crippen LogP contribution in [-0.2, 0) is 14.4 Å². The number of nitrogens with two attached hydrogens (primary N) is 1. The molecule has 1 atom stereocenters. The number of nitrogens with zero attached hydrogens (tertiary/aromatic N) is 2. The molecular formula is C6H11N3O4. The van der Waals surface area contributed by atoms with Crippen LogP contribution in [0.25, 0.3) is 0 Å². The fourth-order valence-corrected chi connectivity index (χ4v) is 0.839. The van der Waals surface area contributed by atoms with E-state index in [1.54, 1.807) is 0 Å². The summed E-state index contributed by atoms with van der Waals surface area (Å²) in [4.78, 5) is 26.8. The van der Waals surface area contributed by atoms with E-state index in [-0.39, 0.29) is 13.2 Å². The number of likely N-dealkylation sites (N-methyl/N-ethyl adjacent to an activating group) is 1. The molecule has 2 amide bonds. The maximum atomic E-state index is 11.1. The van der Waals surface area contributed by atoms with E-state index in [9.17, 15) is 9.59 Å². The van der Waals surface area contributed by atoms with Gasteiger partial charge in [-0.25, -0.2) is 10.1 Å². The molecule has 0 aromatic carbocycles. The third kappa shape index (κ3) is 2.14. The lowest BCUT2D eigenvalue weighted by Crippen LogP contribution is -2.40. The third-order valence-corrected chi connectivity index (χ3v) is 1.61. The molecule has 1 rings (SSSR count). The highest BCUT2D eigenvalue weighted by Gasteiger charge is 2.31. The molecule has 1 heterocycles. The molecule has 0 aromatic rings. The monoisotopic (exact) mass is 189 g/mol. The Morgan fingerprint density at radius 3 is 2.92 bits per heavy atom. The molecule has 1 unspecified atom stereocenters. The van der Waals surface area contributed by atoms with Crippen molar-refractivity contribution in [1.29, 1.82) is 0 Å². The molecule has 13 heavy (non-hydrogen) atoms. The lowest BCUT2D eigenvalue weighted by Gasteiger charge is -2.15. The van der Waals surface area contributed by atoms with Crippen LogP contribution in [0, 0.1) is 0 Å². The van der Waals surface area contributed by atoms with Crippen LogP contribution in [0.15, 0.2) is 0 Å². The zero-order valence-corrected chi connectivity index (χ0v) is 7.14. The number of hydrogen-bond donors (Lipinski definition) is 2. The van der Waals surface area contributed by atoms with Gasteiger partial charge in [-0.05, 0) is 0 Å². The Bertz CT molecular complexity index is 230. The fourth-order valence-electron chi connectivity index (χ4n) is 0.839. The summed E-state index contributed by atoms with van der Waals surface area (Å²) in [6, 6.07) is -0.711. The minimum absolute atomic E-state index is 0.0707. The molecule has 7 heteroatoms. The molecule has 1 aliphatic rings. The number of hydrogen-bond acceptors (Lipinski definition) is 5. The van der Waals surface area contributed by atoms with Gasteiger partial charge in [0.25, 0.3) is 11.8 Å². The normalized spacial score (nSPS) is 22.2. The molecule has 3 N–H and O–H groups in total. The number of carbonyl (C=O) groups is 2. The summed E-state index contributed by atoms with van der Waals surface area (Å²) in [5.41, 5.74) is 5.32. The summed E-state index contributed by atoms with van der Waals surface area (Å²) in [6.07, 6.45) is 0. The van der Waals surface area contributed by atoms with E-state index in [0.29, 0.717) is 5.06 Å². The van der Waals surface area contributed by atoms with E-state index in [1.807, 2.05) is 0 Å². The van der Waals surface area contributed by atoms with Crippen LogP contribution in [0.1, 0.15) is 0 Å². The van der Waals surface area contributed by atoms with Crippen molar-refractivity contribution in [2.75, 3.05) is 20.2 Å². The lowest BCUT2D eigenvalue weighted by atomic mass is 10.3. The Morgan fingerprint density at radius 2 is 2.54 bits per heavy atom. The van der Waals surface area contributed by atoms with Crippen molar-refractivity contribution in [3.63, 3.8) is 0 Å². The Balaban J connectivity index is 2.47. The van der Waals surface area contributed by atoms with Crippen LogP contribution in [0.4, 0.5) is 0 Å². The van der Waals surface area contributed by atoms with Crippen LogP contribution < -0.4 is 5.73 Å². The van der Waals surface area contributed by atoms with Gasteiger partial charge in [0.15, 0.2) is 0 Å². The summed E-state index contributed by atoms with van der Waals surface area (Å²) >= 11 is 0. The first-order valence-corrected chi connectivity index (χ1v) is 3.67. The molecule has 0 radical (unpaired) electrons. The second-order valence-electron chi connectivity index (χ2n) is 2.69. The zero-order valence-electron chi connectivity index (χ0n) is 7.14. The van der Waals surface area contributed by atoms with Crippen molar-refractivity contribution in [3.05, 3.63) is 0 Å². The van der Waals surface area contributed by atoms with E-state index < -0.39 is 17.9 Å². The van der Waals surface area contributed by atoms with E-state index >= 15 is 0 Å². The molecule has 0 saturated carbocycles. The van der Waals surface area contributed by atoms with E-state index in [1.165, 1.54) is 7.05 Å². The number of rotatable bonds is 2. The van der Waals surface area contributed by atoms with Gasteiger partial charge in [-0.3, -0.25) is 19.6 Å². The minimum atomic E-state index is -0.711. The summed E-state index contributed by atoms with van der Waals surface area (Å²) in [7, 11) is 1.17. The summed E-state index contributed by atoms with van der Waals surface area (Å²) < 4.78 is 0. The zero-order chi connectivity index (χ0) is 10.0. The third-order valence-electron chi connectivity index (χ3n) is 1.61. The van der Waals surface area contributed by atoms with Gasteiger partial charge in [-0.1, -0.05) is 0 Å². The van der Waals surface area contributed by atoms with Gasteiger partial charge in [0, 0.05) is 7.05 Å². The van der Waals surface area contributed by atoms with Crippen LogP contribution in [0.2, 0.25) is 0 Å². The molecular weight excluding hydrogens is 178 g/mol. The van der Waals surface area contributed by atoms with E-state index in [2.05, 4.69) is 0 Å². The highest BCUT2D eigenvalue weighted by molar-refractivity contribution is 5.87. The summed E-state index contributed by atoms with van der Waals surface area (Å²) in [5.74, 6) is -1.09. The predicted molar refractivity (Wildman–Crippen MR) is 40.2 cm³/mol. The molecule has 0 aliphatic carbocycles. The number of carbonyl (C=O) groups excluding carboxylic acids is 2. The van der Waals surface area contributed by atoms with Crippen LogP contribution >= 0.6 is 0 Å². The number of hydroxylamine groups is 4. The predicted octanol–water partition coefficient (Wildman–Crippen LogP) is -2.06. The maximum Gasteiger partial charge on any atom is 0.267 e. The van der Waals surface area contributed by atoms with Gasteiger partial charge >= 0.3 is 0 Å². The van der Waals surface area contributed by atoms with Crippen molar-refractivity contribution < 1.29 is 19.6 Å². The first-order valence-electron chi connectivity index (χ1n) is 3.67. The van der Waals surface area contributed by atoms with Crippen molar-refractivity contribution in [1.82, 2.24) is 10.1 Å². The van der Waals surface area contributed by atoms with Crippen LogP contribution in [0.3, 0.4) is 0 Å². The highest BCUT2D eigenvalue weighted by atomic mass is 16.7. The Morgan fingerprint density at radius 1 is 1.92 bits per heavy atom. The van der Waals surface area contributed by atoms with Crippen molar-refractivity contribution >= 4 is 11.8 Å². The second kappa shape index (κ2) is 3.69. The molecule has 74 valence electrons. The fraction of sp³-hybridized carbons (Fsp3) is 0.667. The van der Waals surface area contributed by atoms with E-state index in [0.717, 1.165) is 5.06 Å². The van der Waals surface area contributed by atoms with Gasteiger partial charge in [0.1, 0.15) is 12.6 Å². The van der Waals surface area contributed by atoms with Crippen molar-refractivity contribution in [2.45, 2.75) is 6.04 Å². The molecule has 1 aliphatic heterocycles. The Labute approximate surface area is 74.6 Å². The molecule has 1 saturated heterocycles. The lowest BCUT2D eigenvalue weighted by molar-refractivity contribution is -0.181. The smallest absolute Gasteiger partial charge is 0.267 e. The first kappa shape index (κ1) is 9.90. The number of amides is 2. The van der Waals surface area contributed by atoms with Crippen molar-refractivity contribution in [3.8, 4) is 0 Å². The molecule has 0 aromatic heterocycles.